The van der Waals surface area contributed by atoms with E-state index in [2.05, 4.69) is 9.97 Å². The molecule has 0 aliphatic carbocycles. The van der Waals surface area contributed by atoms with Gasteiger partial charge in [-0.2, -0.15) is 0 Å². The molecule has 0 spiro atoms. The fourth-order valence-corrected chi connectivity index (χ4v) is 3.83. The van der Waals surface area contributed by atoms with Crippen LogP contribution in [-0.4, -0.2) is 47.0 Å². The lowest BCUT2D eigenvalue weighted by atomic mass is 10.1. The number of nitrogens with zero attached hydrogens (tertiary/aromatic N) is 4. The van der Waals surface area contributed by atoms with Crippen molar-refractivity contribution in [3.8, 4) is 0 Å². The van der Waals surface area contributed by atoms with Crippen LogP contribution >= 0.6 is 23.2 Å². The van der Waals surface area contributed by atoms with Crippen molar-refractivity contribution < 1.29 is 9.18 Å². The van der Waals surface area contributed by atoms with Gasteiger partial charge in [0.2, 0.25) is 0 Å². The minimum atomic E-state index is -0.377. The third-order valence-corrected chi connectivity index (χ3v) is 5.27. The molecule has 8 heteroatoms. The van der Waals surface area contributed by atoms with Crippen molar-refractivity contribution >= 4 is 45.8 Å². The van der Waals surface area contributed by atoms with Gasteiger partial charge in [0.1, 0.15) is 23.5 Å². The zero-order chi connectivity index (χ0) is 19.0. The van der Waals surface area contributed by atoms with Crippen LogP contribution in [0.4, 0.5) is 10.2 Å². The Morgan fingerprint density at radius 3 is 2.33 bits per heavy atom. The molecule has 0 unspecified atom stereocenters. The van der Waals surface area contributed by atoms with Crippen LogP contribution in [0.3, 0.4) is 0 Å². The Hall–Kier alpha value is -2.44. The van der Waals surface area contributed by atoms with E-state index in [0.717, 1.165) is 0 Å². The monoisotopic (exact) mass is 404 g/mol. The maximum absolute atomic E-state index is 14.0. The molecule has 1 aliphatic rings. The summed E-state index contributed by atoms with van der Waals surface area (Å²) in [6.07, 6.45) is 1.36. The van der Waals surface area contributed by atoms with E-state index in [0.29, 0.717) is 58.5 Å². The first-order valence-corrected chi connectivity index (χ1v) is 9.19. The van der Waals surface area contributed by atoms with Gasteiger partial charge < -0.3 is 9.80 Å². The summed E-state index contributed by atoms with van der Waals surface area (Å²) in [7, 11) is 0. The first-order valence-electron chi connectivity index (χ1n) is 8.43. The van der Waals surface area contributed by atoms with Crippen molar-refractivity contribution in [2.24, 2.45) is 0 Å². The Morgan fingerprint density at radius 1 is 0.963 bits per heavy atom. The summed E-state index contributed by atoms with van der Waals surface area (Å²) in [5, 5.41) is 1.34. The van der Waals surface area contributed by atoms with E-state index >= 15 is 0 Å². The molecular weight excluding hydrogens is 390 g/mol. The lowest BCUT2D eigenvalue weighted by molar-refractivity contribution is 0.0747. The number of piperazine rings is 1. The molecule has 1 aromatic heterocycles. The Balaban J connectivity index is 1.55. The van der Waals surface area contributed by atoms with E-state index in [1.807, 2.05) is 4.90 Å². The number of carbonyl (C=O) groups is 1. The molecule has 1 amide bonds. The Kier molecular flexibility index (Phi) is 4.85. The van der Waals surface area contributed by atoms with Crippen LogP contribution in [0.2, 0.25) is 10.0 Å². The van der Waals surface area contributed by atoms with Gasteiger partial charge in [0.25, 0.3) is 5.91 Å². The van der Waals surface area contributed by atoms with Crippen molar-refractivity contribution in [2.45, 2.75) is 0 Å². The highest BCUT2D eigenvalue weighted by Crippen LogP contribution is 2.28. The quantitative estimate of drug-likeness (QED) is 0.646. The van der Waals surface area contributed by atoms with Crippen LogP contribution in [0, 0.1) is 5.82 Å². The zero-order valence-electron chi connectivity index (χ0n) is 14.2. The molecule has 27 heavy (non-hydrogen) atoms. The highest BCUT2D eigenvalue weighted by molar-refractivity contribution is 6.39. The van der Waals surface area contributed by atoms with Crippen LogP contribution in [0.15, 0.2) is 42.7 Å². The van der Waals surface area contributed by atoms with Crippen LogP contribution < -0.4 is 4.90 Å². The van der Waals surface area contributed by atoms with Crippen LogP contribution in [0.1, 0.15) is 10.4 Å². The number of para-hydroxylation sites is 1. The van der Waals surface area contributed by atoms with Gasteiger partial charge >= 0.3 is 0 Å². The van der Waals surface area contributed by atoms with E-state index in [4.69, 9.17) is 23.2 Å². The SMILES string of the molecule is O=C(c1c(Cl)cccc1Cl)N1CCN(c2ncnc3c(F)cccc23)CC1. The van der Waals surface area contributed by atoms with E-state index in [1.165, 1.54) is 12.4 Å². The zero-order valence-corrected chi connectivity index (χ0v) is 15.7. The third kappa shape index (κ3) is 3.31. The second kappa shape index (κ2) is 7.29. The number of halogens is 3. The molecule has 0 saturated carbocycles. The molecule has 2 heterocycles. The lowest BCUT2D eigenvalue weighted by Gasteiger charge is -2.36. The Morgan fingerprint density at radius 2 is 1.63 bits per heavy atom. The minimum Gasteiger partial charge on any atom is -0.352 e. The lowest BCUT2D eigenvalue weighted by Crippen LogP contribution is -2.49. The van der Waals surface area contributed by atoms with E-state index in [-0.39, 0.29) is 11.7 Å². The number of rotatable bonds is 2. The minimum absolute atomic E-state index is 0.191. The standard InChI is InChI=1S/C19H15Cl2FN4O/c20-13-4-2-5-14(21)16(13)19(27)26-9-7-25(8-10-26)18-12-3-1-6-15(22)17(12)23-11-24-18/h1-6,11H,7-10H2. The van der Waals surface area contributed by atoms with E-state index in [1.54, 1.807) is 35.2 Å². The molecule has 2 aromatic carbocycles. The molecule has 138 valence electrons. The smallest absolute Gasteiger partial charge is 0.257 e. The molecule has 3 aromatic rings. The average molecular weight is 405 g/mol. The number of fused-ring (bicyclic) bond motifs is 1. The fourth-order valence-electron chi connectivity index (χ4n) is 3.27. The third-order valence-electron chi connectivity index (χ3n) is 4.64. The van der Waals surface area contributed by atoms with Crippen molar-refractivity contribution in [1.29, 1.82) is 0 Å². The molecule has 0 radical (unpaired) electrons. The van der Waals surface area contributed by atoms with Gasteiger partial charge in [-0.25, -0.2) is 14.4 Å². The predicted octanol–water partition coefficient (Wildman–Crippen LogP) is 4.04. The topological polar surface area (TPSA) is 49.3 Å². The summed E-state index contributed by atoms with van der Waals surface area (Å²) in [4.78, 5) is 24.9. The summed E-state index contributed by atoms with van der Waals surface area (Å²) < 4.78 is 14.0. The Labute approximate surface area is 165 Å². The molecule has 1 saturated heterocycles. The van der Waals surface area contributed by atoms with Crippen LogP contribution in [-0.2, 0) is 0 Å². The molecule has 1 aliphatic heterocycles. The average Bonchev–Trinajstić information content (AvgIpc) is 2.68. The first-order chi connectivity index (χ1) is 13.1. The maximum atomic E-state index is 14.0. The maximum Gasteiger partial charge on any atom is 0.257 e. The number of benzene rings is 2. The molecule has 4 rings (SSSR count). The normalized spacial score (nSPS) is 14.6. The first kappa shape index (κ1) is 17.9. The second-order valence-electron chi connectivity index (χ2n) is 6.21. The summed E-state index contributed by atoms with van der Waals surface area (Å²) in [6.45, 7) is 2.11. The molecule has 5 nitrogen and oxygen atoms in total. The van der Waals surface area contributed by atoms with Gasteiger partial charge in [0, 0.05) is 31.6 Å². The van der Waals surface area contributed by atoms with Gasteiger partial charge in [0.05, 0.1) is 15.6 Å². The van der Waals surface area contributed by atoms with E-state index in [9.17, 15) is 9.18 Å². The molecule has 0 bridgehead atoms. The Bertz CT molecular complexity index is 1000. The number of hydrogen-bond donors (Lipinski definition) is 0. The summed E-state index contributed by atoms with van der Waals surface area (Å²) in [5.74, 6) is 0.101. The largest absolute Gasteiger partial charge is 0.352 e. The van der Waals surface area contributed by atoms with Gasteiger partial charge in [-0.05, 0) is 24.3 Å². The number of carbonyl (C=O) groups excluding carboxylic acids is 1. The van der Waals surface area contributed by atoms with Gasteiger partial charge in [0.15, 0.2) is 0 Å². The number of anilines is 1. The van der Waals surface area contributed by atoms with Gasteiger partial charge in [-0.3, -0.25) is 4.79 Å². The van der Waals surface area contributed by atoms with Gasteiger partial charge in [-0.15, -0.1) is 0 Å². The molecule has 0 atom stereocenters. The number of amides is 1. The van der Waals surface area contributed by atoms with Gasteiger partial charge in [-0.1, -0.05) is 35.3 Å². The van der Waals surface area contributed by atoms with Crippen molar-refractivity contribution in [3.63, 3.8) is 0 Å². The molecular formula is C19H15Cl2FN4O. The van der Waals surface area contributed by atoms with Crippen molar-refractivity contribution in [1.82, 2.24) is 14.9 Å². The summed E-state index contributed by atoms with van der Waals surface area (Å²) in [6, 6.07) is 9.83. The number of aromatic nitrogens is 2. The second-order valence-corrected chi connectivity index (χ2v) is 7.02. The highest BCUT2D eigenvalue weighted by Gasteiger charge is 2.26. The van der Waals surface area contributed by atoms with Crippen LogP contribution in [0.25, 0.3) is 10.9 Å². The molecule has 1 fully saturated rings. The fraction of sp³-hybridized carbons (Fsp3) is 0.211. The number of hydrogen-bond acceptors (Lipinski definition) is 4. The summed E-state index contributed by atoms with van der Waals surface area (Å²) in [5.41, 5.74) is 0.618. The molecule has 0 N–H and O–H groups in total. The highest BCUT2D eigenvalue weighted by atomic mass is 35.5. The summed E-state index contributed by atoms with van der Waals surface area (Å²) >= 11 is 12.3. The van der Waals surface area contributed by atoms with Crippen molar-refractivity contribution in [3.05, 3.63) is 64.2 Å². The van der Waals surface area contributed by atoms with Crippen molar-refractivity contribution in [2.75, 3.05) is 31.1 Å². The van der Waals surface area contributed by atoms with Crippen LogP contribution in [0.5, 0.6) is 0 Å². The van der Waals surface area contributed by atoms with E-state index < -0.39 is 0 Å². The predicted molar refractivity (Wildman–Crippen MR) is 104 cm³/mol.